The number of nitrogens with one attached hydrogen (secondary N) is 1. The Morgan fingerprint density at radius 3 is 2.03 bits per heavy atom. The van der Waals surface area contributed by atoms with Crippen LogP contribution in [0.1, 0.15) is 11.1 Å². The molecule has 35 heavy (non-hydrogen) atoms. The van der Waals surface area contributed by atoms with Crippen molar-refractivity contribution in [3.8, 4) is 17.2 Å². The highest BCUT2D eigenvalue weighted by molar-refractivity contribution is 5.93. The lowest BCUT2D eigenvalue weighted by atomic mass is 10.1. The summed E-state index contributed by atoms with van der Waals surface area (Å²) in [6, 6.07) is 22.7. The molecule has 0 unspecified atom stereocenters. The zero-order chi connectivity index (χ0) is 24.6. The normalized spacial score (nSPS) is 13.8. The number of para-hydroxylation sites is 2. The first-order valence-corrected chi connectivity index (χ1v) is 11.8. The summed E-state index contributed by atoms with van der Waals surface area (Å²) in [7, 11) is 0. The predicted molar refractivity (Wildman–Crippen MR) is 136 cm³/mol. The van der Waals surface area contributed by atoms with Crippen molar-refractivity contribution < 1.29 is 19.1 Å². The zero-order valence-corrected chi connectivity index (χ0v) is 20.2. The van der Waals surface area contributed by atoms with E-state index in [2.05, 4.69) is 10.2 Å². The highest BCUT2D eigenvalue weighted by atomic mass is 16.5. The van der Waals surface area contributed by atoms with Crippen LogP contribution in [-0.4, -0.2) is 60.9 Å². The Kier molecular flexibility index (Phi) is 8.00. The van der Waals surface area contributed by atoms with E-state index in [1.54, 1.807) is 17.0 Å². The van der Waals surface area contributed by atoms with Crippen LogP contribution in [0, 0.1) is 13.8 Å². The van der Waals surface area contributed by atoms with Gasteiger partial charge in [-0.2, -0.15) is 0 Å². The van der Waals surface area contributed by atoms with Crippen LogP contribution in [0.25, 0.3) is 0 Å². The van der Waals surface area contributed by atoms with Gasteiger partial charge in [-0.3, -0.25) is 14.5 Å². The van der Waals surface area contributed by atoms with Gasteiger partial charge in [0, 0.05) is 31.9 Å². The number of hydrogen-bond acceptors (Lipinski definition) is 5. The lowest BCUT2D eigenvalue weighted by Gasteiger charge is -2.34. The molecule has 0 spiro atoms. The smallest absolute Gasteiger partial charge is 0.260 e. The van der Waals surface area contributed by atoms with Crippen LogP contribution < -0.4 is 14.8 Å². The van der Waals surface area contributed by atoms with Gasteiger partial charge in [0.1, 0.15) is 17.2 Å². The van der Waals surface area contributed by atoms with Crippen molar-refractivity contribution >= 4 is 17.5 Å². The Labute approximate surface area is 206 Å². The van der Waals surface area contributed by atoms with Gasteiger partial charge in [0.05, 0.1) is 6.54 Å². The molecule has 1 aliphatic heterocycles. The highest BCUT2D eigenvalue weighted by Crippen LogP contribution is 2.23. The highest BCUT2D eigenvalue weighted by Gasteiger charge is 2.23. The van der Waals surface area contributed by atoms with Gasteiger partial charge >= 0.3 is 0 Å². The fraction of sp³-hybridized carbons (Fsp3) is 0.286. The van der Waals surface area contributed by atoms with Crippen LogP contribution >= 0.6 is 0 Å². The molecule has 3 aromatic rings. The molecule has 1 fully saturated rings. The fourth-order valence-electron chi connectivity index (χ4n) is 4.01. The van der Waals surface area contributed by atoms with E-state index in [4.69, 9.17) is 9.47 Å². The number of piperazine rings is 1. The number of aryl methyl sites for hydroxylation is 2. The first-order chi connectivity index (χ1) is 17.0. The average Bonchev–Trinajstić information content (AvgIpc) is 2.87. The number of hydrogen-bond donors (Lipinski definition) is 1. The van der Waals surface area contributed by atoms with E-state index in [0.29, 0.717) is 44.2 Å². The first kappa shape index (κ1) is 24.3. The van der Waals surface area contributed by atoms with E-state index in [1.807, 2.05) is 74.5 Å². The van der Waals surface area contributed by atoms with Crippen molar-refractivity contribution in [2.75, 3.05) is 44.6 Å². The van der Waals surface area contributed by atoms with Gasteiger partial charge < -0.3 is 19.7 Å². The lowest BCUT2D eigenvalue weighted by molar-refractivity contribution is -0.135. The van der Waals surface area contributed by atoms with Crippen LogP contribution in [0.3, 0.4) is 0 Å². The molecule has 0 aromatic heterocycles. The van der Waals surface area contributed by atoms with Crippen molar-refractivity contribution in [3.05, 3.63) is 83.9 Å². The molecule has 2 amide bonds. The molecule has 1 saturated heterocycles. The van der Waals surface area contributed by atoms with Crippen molar-refractivity contribution in [2.45, 2.75) is 13.8 Å². The Balaban J connectivity index is 1.18. The summed E-state index contributed by atoms with van der Waals surface area (Å²) in [6.45, 7) is 6.71. The Hall–Kier alpha value is -3.84. The maximum atomic E-state index is 12.6. The standard InChI is InChI=1S/C28H31N3O4/c1-21-7-6-8-22(2)28(21)29-26(32)19-30-15-17-31(18-16-30)27(33)20-34-23-11-13-25(14-12-23)35-24-9-4-3-5-10-24/h3-14H,15-20H2,1-2H3,(H,29,32). The van der Waals surface area contributed by atoms with E-state index in [1.165, 1.54) is 0 Å². The topological polar surface area (TPSA) is 71.1 Å². The minimum Gasteiger partial charge on any atom is -0.484 e. The lowest BCUT2D eigenvalue weighted by Crippen LogP contribution is -2.51. The van der Waals surface area contributed by atoms with Gasteiger partial charge in [0.15, 0.2) is 6.61 Å². The van der Waals surface area contributed by atoms with Crippen molar-refractivity contribution in [1.29, 1.82) is 0 Å². The molecule has 1 aliphatic rings. The molecule has 7 heteroatoms. The van der Waals surface area contributed by atoms with Gasteiger partial charge in [-0.15, -0.1) is 0 Å². The van der Waals surface area contributed by atoms with Crippen molar-refractivity contribution in [2.24, 2.45) is 0 Å². The number of carbonyl (C=O) groups is 2. The second-order valence-corrected chi connectivity index (χ2v) is 8.65. The number of nitrogens with zero attached hydrogens (tertiary/aromatic N) is 2. The fourth-order valence-corrected chi connectivity index (χ4v) is 4.01. The Bertz CT molecular complexity index is 1120. The maximum Gasteiger partial charge on any atom is 0.260 e. The molecule has 0 saturated carbocycles. The Morgan fingerprint density at radius 1 is 0.771 bits per heavy atom. The average molecular weight is 474 g/mol. The number of carbonyl (C=O) groups excluding carboxylic acids is 2. The van der Waals surface area contributed by atoms with Crippen molar-refractivity contribution in [1.82, 2.24) is 9.80 Å². The number of amides is 2. The maximum absolute atomic E-state index is 12.6. The van der Waals surface area contributed by atoms with Gasteiger partial charge in [0.2, 0.25) is 5.91 Å². The molecule has 0 bridgehead atoms. The second-order valence-electron chi connectivity index (χ2n) is 8.65. The first-order valence-electron chi connectivity index (χ1n) is 11.8. The predicted octanol–water partition coefficient (Wildman–Crippen LogP) is 4.26. The van der Waals surface area contributed by atoms with Crippen molar-refractivity contribution in [3.63, 3.8) is 0 Å². The molecule has 7 nitrogen and oxygen atoms in total. The minimum absolute atomic E-state index is 0.0219. The van der Waals surface area contributed by atoms with E-state index in [9.17, 15) is 9.59 Å². The van der Waals surface area contributed by atoms with Crippen LogP contribution in [0.15, 0.2) is 72.8 Å². The number of rotatable bonds is 8. The van der Waals surface area contributed by atoms with Crippen LogP contribution in [0.4, 0.5) is 5.69 Å². The summed E-state index contributed by atoms with van der Waals surface area (Å²) >= 11 is 0. The van der Waals surface area contributed by atoms with Crippen LogP contribution in [0.5, 0.6) is 17.2 Å². The third kappa shape index (κ3) is 6.83. The van der Waals surface area contributed by atoms with Crippen LogP contribution in [-0.2, 0) is 9.59 Å². The summed E-state index contributed by atoms with van der Waals surface area (Å²) in [5.74, 6) is 1.98. The monoisotopic (exact) mass is 473 g/mol. The molecule has 0 atom stereocenters. The zero-order valence-electron chi connectivity index (χ0n) is 20.2. The third-order valence-corrected chi connectivity index (χ3v) is 6.00. The summed E-state index contributed by atoms with van der Waals surface area (Å²) in [5, 5.41) is 3.03. The number of anilines is 1. The minimum atomic E-state index is -0.0609. The molecule has 0 radical (unpaired) electrons. The number of ether oxygens (including phenoxy) is 2. The van der Waals surface area contributed by atoms with E-state index in [0.717, 1.165) is 22.6 Å². The summed E-state index contributed by atoms with van der Waals surface area (Å²) in [5.41, 5.74) is 2.97. The van der Waals surface area contributed by atoms with Gasteiger partial charge in [-0.1, -0.05) is 36.4 Å². The van der Waals surface area contributed by atoms with E-state index >= 15 is 0 Å². The van der Waals surface area contributed by atoms with E-state index < -0.39 is 0 Å². The van der Waals surface area contributed by atoms with Crippen LogP contribution in [0.2, 0.25) is 0 Å². The van der Waals surface area contributed by atoms with E-state index in [-0.39, 0.29) is 18.4 Å². The SMILES string of the molecule is Cc1cccc(C)c1NC(=O)CN1CCN(C(=O)COc2ccc(Oc3ccccc3)cc2)CC1. The molecule has 1 heterocycles. The van der Waals surface area contributed by atoms with Gasteiger partial charge in [0.25, 0.3) is 5.91 Å². The molecular formula is C28H31N3O4. The third-order valence-electron chi connectivity index (χ3n) is 6.00. The summed E-state index contributed by atoms with van der Waals surface area (Å²) < 4.78 is 11.5. The van der Waals surface area contributed by atoms with Gasteiger partial charge in [-0.05, 0) is 61.4 Å². The second kappa shape index (κ2) is 11.5. The molecule has 4 rings (SSSR count). The Morgan fingerprint density at radius 2 is 1.37 bits per heavy atom. The molecule has 3 aromatic carbocycles. The van der Waals surface area contributed by atoms with Gasteiger partial charge in [-0.25, -0.2) is 0 Å². The summed E-state index contributed by atoms with van der Waals surface area (Å²) in [4.78, 5) is 29.0. The molecule has 0 aliphatic carbocycles. The number of benzene rings is 3. The molecular weight excluding hydrogens is 442 g/mol. The quantitative estimate of drug-likeness (QED) is 0.530. The summed E-state index contributed by atoms with van der Waals surface area (Å²) in [6.07, 6.45) is 0. The largest absolute Gasteiger partial charge is 0.484 e. The molecule has 182 valence electrons. The molecule has 1 N–H and O–H groups in total.